The third kappa shape index (κ3) is 4.18. The molecule has 0 radical (unpaired) electrons. The molecule has 2 aromatic rings. The van der Waals surface area contributed by atoms with Crippen LogP contribution in [0.2, 0.25) is 5.02 Å². The summed E-state index contributed by atoms with van der Waals surface area (Å²) >= 11 is 5.87. The van der Waals surface area contributed by atoms with Gasteiger partial charge in [0.25, 0.3) is 0 Å². The molecule has 0 aliphatic heterocycles. The van der Waals surface area contributed by atoms with E-state index >= 15 is 0 Å². The summed E-state index contributed by atoms with van der Waals surface area (Å²) in [6.45, 7) is 0. The largest absolute Gasteiger partial charge is 0.508 e. The number of nitrogens with two attached hydrogens (primary N) is 1. The van der Waals surface area contributed by atoms with Crippen LogP contribution in [-0.2, 0) is 11.2 Å². The lowest BCUT2D eigenvalue weighted by Gasteiger charge is -2.13. The summed E-state index contributed by atoms with van der Waals surface area (Å²) in [6.07, 6.45) is 0.291. The normalized spacial score (nSPS) is 12.0. The van der Waals surface area contributed by atoms with Crippen LogP contribution in [0.4, 0.5) is 10.1 Å². The monoisotopic (exact) mass is 308 g/mol. The number of phenols is 1. The molecular formula is C15H14ClFN2O2. The van der Waals surface area contributed by atoms with Crippen molar-refractivity contribution < 1.29 is 14.3 Å². The first-order valence-electron chi connectivity index (χ1n) is 6.25. The molecule has 0 aliphatic rings. The van der Waals surface area contributed by atoms with E-state index < -0.39 is 17.8 Å². The topological polar surface area (TPSA) is 75.3 Å². The van der Waals surface area contributed by atoms with Gasteiger partial charge in [-0.1, -0.05) is 23.7 Å². The van der Waals surface area contributed by atoms with Gasteiger partial charge in [0.1, 0.15) is 11.6 Å². The Morgan fingerprint density at radius 1 is 1.29 bits per heavy atom. The Labute approximate surface area is 126 Å². The summed E-state index contributed by atoms with van der Waals surface area (Å²) in [5.74, 6) is -0.819. The van der Waals surface area contributed by atoms with E-state index in [-0.39, 0.29) is 16.5 Å². The Balaban J connectivity index is 2.02. The molecule has 110 valence electrons. The van der Waals surface area contributed by atoms with Crippen LogP contribution in [0, 0.1) is 5.82 Å². The minimum absolute atomic E-state index is 0.142. The van der Waals surface area contributed by atoms with Crippen molar-refractivity contribution in [3.63, 3.8) is 0 Å². The molecule has 0 fully saturated rings. The first-order chi connectivity index (χ1) is 9.95. The fourth-order valence-corrected chi connectivity index (χ4v) is 1.96. The van der Waals surface area contributed by atoms with Gasteiger partial charge in [-0.3, -0.25) is 4.79 Å². The molecule has 0 bridgehead atoms. The number of carbonyl (C=O) groups excluding carboxylic acids is 1. The number of hydrogen-bond acceptors (Lipinski definition) is 3. The van der Waals surface area contributed by atoms with Crippen molar-refractivity contribution in [2.24, 2.45) is 5.73 Å². The maximum atomic E-state index is 13.1. The van der Waals surface area contributed by atoms with Gasteiger partial charge in [-0.2, -0.15) is 0 Å². The van der Waals surface area contributed by atoms with Crippen molar-refractivity contribution in [1.29, 1.82) is 0 Å². The third-order valence-corrected chi connectivity index (χ3v) is 3.24. The molecule has 1 atom stereocenters. The van der Waals surface area contributed by atoms with Gasteiger partial charge in [0.05, 0.1) is 16.8 Å². The van der Waals surface area contributed by atoms with E-state index in [1.54, 1.807) is 12.1 Å². The highest BCUT2D eigenvalue weighted by Gasteiger charge is 2.16. The van der Waals surface area contributed by atoms with Gasteiger partial charge in [-0.25, -0.2) is 4.39 Å². The SMILES string of the molecule is N[C@H](Cc1ccc(O)cc1)C(=O)Nc1cc(F)ccc1Cl. The van der Waals surface area contributed by atoms with E-state index in [1.165, 1.54) is 24.3 Å². The lowest BCUT2D eigenvalue weighted by molar-refractivity contribution is -0.117. The molecule has 4 N–H and O–H groups in total. The van der Waals surface area contributed by atoms with Crippen LogP contribution in [0.1, 0.15) is 5.56 Å². The molecule has 0 spiro atoms. The predicted octanol–water partition coefficient (Wildman–Crippen LogP) is 2.69. The Kier molecular flexibility index (Phi) is 4.77. The van der Waals surface area contributed by atoms with Crippen LogP contribution >= 0.6 is 11.6 Å². The van der Waals surface area contributed by atoms with Gasteiger partial charge in [0, 0.05) is 0 Å². The van der Waals surface area contributed by atoms with E-state index in [0.717, 1.165) is 11.6 Å². The minimum atomic E-state index is -0.811. The third-order valence-electron chi connectivity index (χ3n) is 2.92. The van der Waals surface area contributed by atoms with E-state index in [9.17, 15) is 14.3 Å². The van der Waals surface area contributed by atoms with Crippen LogP contribution in [0.25, 0.3) is 0 Å². The van der Waals surface area contributed by atoms with Crippen molar-refractivity contribution in [1.82, 2.24) is 0 Å². The lowest BCUT2D eigenvalue weighted by Crippen LogP contribution is -2.37. The highest BCUT2D eigenvalue weighted by atomic mass is 35.5. The molecule has 2 rings (SSSR count). The molecule has 4 nitrogen and oxygen atoms in total. The first kappa shape index (κ1) is 15.3. The second-order valence-electron chi connectivity index (χ2n) is 4.59. The van der Waals surface area contributed by atoms with E-state index in [2.05, 4.69) is 5.32 Å². The number of benzene rings is 2. The summed E-state index contributed by atoms with van der Waals surface area (Å²) in [7, 11) is 0. The summed E-state index contributed by atoms with van der Waals surface area (Å²) in [5, 5.41) is 11.9. The number of rotatable bonds is 4. The summed E-state index contributed by atoms with van der Waals surface area (Å²) in [4.78, 5) is 12.0. The molecule has 0 heterocycles. The molecule has 0 saturated carbocycles. The molecule has 0 saturated heterocycles. The van der Waals surface area contributed by atoms with E-state index in [4.69, 9.17) is 17.3 Å². The molecular weight excluding hydrogens is 295 g/mol. The van der Waals surface area contributed by atoms with Gasteiger partial charge in [0.15, 0.2) is 0 Å². The Morgan fingerprint density at radius 3 is 2.62 bits per heavy atom. The number of amides is 1. The molecule has 6 heteroatoms. The highest BCUT2D eigenvalue weighted by Crippen LogP contribution is 2.22. The fourth-order valence-electron chi connectivity index (χ4n) is 1.80. The number of phenolic OH excluding ortho intramolecular Hbond substituents is 1. The number of aromatic hydroxyl groups is 1. The fraction of sp³-hybridized carbons (Fsp3) is 0.133. The molecule has 21 heavy (non-hydrogen) atoms. The molecule has 0 aromatic heterocycles. The zero-order valence-electron chi connectivity index (χ0n) is 11.0. The van der Waals surface area contributed by atoms with Gasteiger partial charge in [0.2, 0.25) is 5.91 Å². The van der Waals surface area contributed by atoms with Gasteiger partial charge >= 0.3 is 0 Å². The first-order valence-corrected chi connectivity index (χ1v) is 6.63. The van der Waals surface area contributed by atoms with Crippen molar-refractivity contribution in [2.75, 3.05) is 5.32 Å². The van der Waals surface area contributed by atoms with Crippen LogP contribution < -0.4 is 11.1 Å². The van der Waals surface area contributed by atoms with Crippen LogP contribution in [0.15, 0.2) is 42.5 Å². The zero-order chi connectivity index (χ0) is 15.4. The zero-order valence-corrected chi connectivity index (χ0v) is 11.8. The number of halogens is 2. The summed E-state index contributed by atoms with van der Waals surface area (Å²) < 4.78 is 13.1. The minimum Gasteiger partial charge on any atom is -0.508 e. The van der Waals surface area contributed by atoms with Crippen LogP contribution in [-0.4, -0.2) is 17.1 Å². The number of hydrogen-bond donors (Lipinski definition) is 3. The Morgan fingerprint density at radius 2 is 1.95 bits per heavy atom. The van der Waals surface area contributed by atoms with E-state index in [1.807, 2.05) is 0 Å². The number of anilines is 1. The van der Waals surface area contributed by atoms with Crippen molar-refractivity contribution in [3.05, 3.63) is 58.9 Å². The molecule has 2 aromatic carbocycles. The molecule has 1 amide bonds. The average molecular weight is 309 g/mol. The molecule has 0 aliphatic carbocycles. The van der Waals surface area contributed by atoms with Gasteiger partial charge in [-0.15, -0.1) is 0 Å². The van der Waals surface area contributed by atoms with Gasteiger partial charge < -0.3 is 16.2 Å². The van der Waals surface area contributed by atoms with Gasteiger partial charge in [-0.05, 0) is 42.3 Å². The van der Waals surface area contributed by atoms with Crippen LogP contribution in [0.3, 0.4) is 0 Å². The van der Waals surface area contributed by atoms with E-state index in [0.29, 0.717) is 6.42 Å². The standard InChI is InChI=1S/C15H14ClFN2O2/c16-12-6-3-10(17)8-14(12)19-15(21)13(18)7-9-1-4-11(20)5-2-9/h1-6,8,13,20H,7,18H2,(H,19,21)/t13-/m1/s1. The van der Waals surface area contributed by atoms with Crippen LogP contribution in [0.5, 0.6) is 5.75 Å². The molecule has 0 unspecified atom stereocenters. The Hall–Kier alpha value is -2.11. The summed E-state index contributed by atoms with van der Waals surface area (Å²) in [5.41, 5.74) is 6.80. The highest BCUT2D eigenvalue weighted by molar-refractivity contribution is 6.33. The second kappa shape index (κ2) is 6.56. The maximum absolute atomic E-state index is 13.1. The van der Waals surface area contributed by atoms with Crippen molar-refractivity contribution in [3.8, 4) is 5.75 Å². The van der Waals surface area contributed by atoms with Crippen molar-refractivity contribution >= 4 is 23.2 Å². The average Bonchev–Trinajstić information content (AvgIpc) is 2.45. The predicted molar refractivity (Wildman–Crippen MR) is 79.8 cm³/mol. The smallest absolute Gasteiger partial charge is 0.241 e. The number of carbonyl (C=O) groups is 1. The second-order valence-corrected chi connectivity index (χ2v) is 5.00. The van der Waals surface area contributed by atoms with Crippen molar-refractivity contribution in [2.45, 2.75) is 12.5 Å². The Bertz CT molecular complexity index is 647. The maximum Gasteiger partial charge on any atom is 0.241 e. The summed E-state index contributed by atoms with van der Waals surface area (Å²) in [6, 6.07) is 9.27. The lowest BCUT2D eigenvalue weighted by atomic mass is 10.1. The number of nitrogens with one attached hydrogen (secondary N) is 1. The quantitative estimate of drug-likeness (QED) is 0.813.